The third-order valence-corrected chi connectivity index (χ3v) is 3.12. The fourth-order valence-corrected chi connectivity index (χ4v) is 2.05. The molecule has 0 aliphatic rings. The van der Waals surface area contributed by atoms with Gasteiger partial charge in [-0.3, -0.25) is 0 Å². The lowest BCUT2D eigenvalue weighted by Crippen LogP contribution is -1.95. The average molecular weight is 266 g/mol. The van der Waals surface area contributed by atoms with Crippen LogP contribution in [0.15, 0.2) is 42.5 Å². The monoisotopic (exact) mass is 266 g/mol. The summed E-state index contributed by atoms with van der Waals surface area (Å²) in [6.07, 6.45) is 2.23. The van der Waals surface area contributed by atoms with Gasteiger partial charge in [-0.2, -0.15) is 5.26 Å². The molecular weight excluding hydrogens is 248 g/mol. The number of nitriles is 1. The van der Waals surface area contributed by atoms with Crippen molar-refractivity contribution < 1.29 is 4.74 Å². The molecule has 0 aliphatic carbocycles. The van der Waals surface area contributed by atoms with Crippen molar-refractivity contribution in [3.8, 4) is 11.8 Å². The van der Waals surface area contributed by atoms with Crippen molar-refractivity contribution in [2.75, 3.05) is 12.4 Å². The fourth-order valence-electron chi connectivity index (χ4n) is 2.05. The SMILES string of the molecule is CCCc1ccc(Nc2cc(OC)ccc2C#N)cc1. The van der Waals surface area contributed by atoms with Gasteiger partial charge in [0.15, 0.2) is 0 Å². The van der Waals surface area contributed by atoms with Gasteiger partial charge in [-0.15, -0.1) is 0 Å². The Morgan fingerprint density at radius 2 is 1.90 bits per heavy atom. The second-order valence-corrected chi connectivity index (χ2v) is 4.60. The van der Waals surface area contributed by atoms with Gasteiger partial charge in [0.25, 0.3) is 0 Å². The molecule has 2 aromatic rings. The molecule has 0 spiro atoms. The van der Waals surface area contributed by atoms with Gasteiger partial charge in [0, 0.05) is 11.8 Å². The van der Waals surface area contributed by atoms with Gasteiger partial charge < -0.3 is 10.1 Å². The third kappa shape index (κ3) is 3.30. The van der Waals surface area contributed by atoms with E-state index < -0.39 is 0 Å². The summed E-state index contributed by atoms with van der Waals surface area (Å²) in [7, 11) is 1.62. The maximum atomic E-state index is 9.14. The molecule has 2 aromatic carbocycles. The van der Waals surface area contributed by atoms with Gasteiger partial charge in [0.05, 0.1) is 18.4 Å². The van der Waals surface area contributed by atoms with Gasteiger partial charge in [0.2, 0.25) is 0 Å². The summed E-state index contributed by atoms with van der Waals surface area (Å²) in [5, 5.41) is 12.4. The molecule has 0 fully saturated rings. The highest BCUT2D eigenvalue weighted by molar-refractivity contribution is 5.68. The molecule has 0 atom stereocenters. The molecule has 0 unspecified atom stereocenters. The summed E-state index contributed by atoms with van der Waals surface area (Å²) in [6.45, 7) is 2.17. The highest BCUT2D eigenvalue weighted by atomic mass is 16.5. The number of benzene rings is 2. The molecule has 0 amide bonds. The highest BCUT2D eigenvalue weighted by Gasteiger charge is 2.04. The summed E-state index contributed by atoms with van der Waals surface area (Å²) < 4.78 is 5.19. The minimum atomic E-state index is 0.600. The second kappa shape index (κ2) is 6.63. The van der Waals surface area contributed by atoms with Crippen LogP contribution >= 0.6 is 0 Å². The maximum absolute atomic E-state index is 9.14. The summed E-state index contributed by atoms with van der Waals surface area (Å²) in [4.78, 5) is 0. The lowest BCUT2D eigenvalue weighted by atomic mass is 10.1. The first kappa shape index (κ1) is 14.0. The Kier molecular flexibility index (Phi) is 4.62. The van der Waals surface area contributed by atoms with E-state index in [1.165, 1.54) is 5.56 Å². The van der Waals surface area contributed by atoms with Crippen molar-refractivity contribution >= 4 is 11.4 Å². The van der Waals surface area contributed by atoms with Crippen LogP contribution in [0.1, 0.15) is 24.5 Å². The number of nitrogens with one attached hydrogen (secondary N) is 1. The Bertz CT molecular complexity index is 612. The standard InChI is InChI=1S/C17H18N2O/c1-3-4-13-5-8-15(9-6-13)19-17-11-16(20-2)10-7-14(17)12-18/h5-11,19H,3-4H2,1-2H3. The molecule has 0 aromatic heterocycles. The van der Waals surface area contributed by atoms with E-state index >= 15 is 0 Å². The molecular formula is C17H18N2O. The molecule has 20 heavy (non-hydrogen) atoms. The zero-order valence-corrected chi connectivity index (χ0v) is 11.8. The van der Waals surface area contributed by atoms with Crippen molar-refractivity contribution in [2.24, 2.45) is 0 Å². The minimum Gasteiger partial charge on any atom is -0.497 e. The summed E-state index contributed by atoms with van der Waals surface area (Å²) in [5.74, 6) is 0.731. The van der Waals surface area contributed by atoms with Crippen molar-refractivity contribution in [2.45, 2.75) is 19.8 Å². The molecule has 3 nitrogen and oxygen atoms in total. The minimum absolute atomic E-state index is 0.600. The molecule has 1 N–H and O–H groups in total. The van der Waals surface area contributed by atoms with Crippen molar-refractivity contribution in [3.05, 3.63) is 53.6 Å². The number of rotatable bonds is 5. The molecule has 0 saturated carbocycles. The summed E-state index contributed by atoms with van der Waals surface area (Å²) >= 11 is 0. The largest absolute Gasteiger partial charge is 0.497 e. The van der Waals surface area contributed by atoms with Gasteiger partial charge in [-0.1, -0.05) is 25.5 Å². The van der Waals surface area contributed by atoms with Crippen LogP contribution in [0.25, 0.3) is 0 Å². The maximum Gasteiger partial charge on any atom is 0.121 e. The number of hydrogen-bond donors (Lipinski definition) is 1. The molecule has 2 rings (SSSR count). The zero-order valence-electron chi connectivity index (χ0n) is 11.8. The van der Waals surface area contributed by atoms with E-state index in [1.54, 1.807) is 19.2 Å². The van der Waals surface area contributed by atoms with E-state index in [-0.39, 0.29) is 0 Å². The normalized spacial score (nSPS) is 9.85. The predicted octanol–water partition coefficient (Wildman–Crippen LogP) is 4.26. The van der Waals surface area contributed by atoms with Gasteiger partial charge >= 0.3 is 0 Å². The Morgan fingerprint density at radius 1 is 1.15 bits per heavy atom. The number of ether oxygens (including phenoxy) is 1. The predicted molar refractivity (Wildman–Crippen MR) is 81.4 cm³/mol. The lowest BCUT2D eigenvalue weighted by Gasteiger charge is -2.10. The van der Waals surface area contributed by atoms with E-state index in [0.29, 0.717) is 5.56 Å². The molecule has 0 heterocycles. The number of methoxy groups -OCH3 is 1. The van der Waals surface area contributed by atoms with Crippen LogP contribution in [0, 0.1) is 11.3 Å². The molecule has 0 bridgehead atoms. The topological polar surface area (TPSA) is 45.0 Å². The molecule has 0 saturated heterocycles. The smallest absolute Gasteiger partial charge is 0.121 e. The Morgan fingerprint density at radius 3 is 2.50 bits per heavy atom. The molecule has 0 radical (unpaired) electrons. The molecule has 0 aliphatic heterocycles. The Balaban J connectivity index is 2.22. The first-order valence-electron chi connectivity index (χ1n) is 6.71. The first-order valence-corrected chi connectivity index (χ1v) is 6.71. The van der Waals surface area contributed by atoms with Crippen molar-refractivity contribution in [1.29, 1.82) is 5.26 Å². The van der Waals surface area contributed by atoms with Gasteiger partial charge in [-0.05, 0) is 36.2 Å². The van der Waals surface area contributed by atoms with E-state index in [2.05, 4.69) is 30.4 Å². The Hall–Kier alpha value is -2.47. The van der Waals surface area contributed by atoms with E-state index in [4.69, 9.17) is 10.00 Å². The molecule has 102 valence electrons. The van der Waals surface area contributed by atoms with Gasteiger partial charge in [0.1, 0.15) is 11.8 Å². The number of aryl methyl sites for hydroxylation is 1. The first-order chi connectivity index (χ1) is 9.76. The van der Waals surface area contributed by atoms with Crippen molar-refractivity contribution in [1.82, 2.24) is 0 Å². The highest BCUT2D eigenvalue weighted by Crippen LogP contribution is 2.25. The summed E-state index contributed by atoms with van der Waals surface area (Å²) in [6, 6.07) is 15.8. The third-order valence-electron chi connectivity index (χ3n) is 3.12. The average Bonchev–Trinajstić information content (AvgIpc) is 2.49. The zero-order chi connectivity index (χ0) is 14.4. The van der Waals surface area contributed by atoms with Gasteiger partial charge in [-0.25, -0.2) is 0 Å². The fraction of sp³-hybridized carbons (Fsp3) is 0.235. The van der Waals surface area contributed by atoms with Crippen LogP contribution in [0.5, 0.6) is 5.75 Å². The number of anilines is 2. The van der Waals surface area contributed by atoms with E-state index in [1.807, 2.05) is 18.2 Å². The summed E-state index contributed by atoms with van der Waals surface area (Å²) in [5.41, 5.74) is 3.65. The number of hydrogen-bond acceptors (Lipinski definition) is 3. The van der Waals surface area contributed by atoms with Crippen LogP contribution in [0.2, 0.25) is 0 Å². The van der Waals surface area contributed by atoms with Crippen LogP contribution in [0.3, 0.4) is 0 Å². The lowest BCUT2D eigenvalue weighted by molar-refractivity contribution is 0.415. The van der Waals surface area contributed by atoms with Crippen LogP contribution in [-0.2, 0) is 6.42 Å². The van der Waals surface area contributed by atoms with Crippen LogP contribution in [0.4, 0.5) is 11.4 Å². The van der Waals surface area contributed by atoms with Crippen molar-refractivity contribution in [3.63, 3.8) is 0 Å². The number of nitrogens with zero attached hydrogens (tertiary/aromatic N) is 1. The second-order valence-electron chi connectivity index (χ2n) is 4.60. The Labute approximate surface area is 119 Å². The quantitative estimate of drug-likeness (QED) is 0.879. The molecule has 3 heteroatoms. The van der Waals surface area contributed by atoms with E-state index in [9.17, 15) is 0 Å². The van der Waals surface area contributed by atoms with E-state index in [0.717, 1.165) is 30.0 Å². The van der Waals surface area contributed by atoms with Crippen LogP contribution < -0.4 is 10.1 Å². The van der Waals surface area contributed by atoms with Crippen LogP contribution in [-0.4, -0.2) is 7.11 Å².